The Morgan fingerprint density at radius 2 is 2.00 bits per heavy atom. The second-order valence-electron chi connectivity index (χ2n) is 5.71. The average molecular weight is 275 g/mol. The summed E-state index contributed by atoms with van der Waals surface area (Å²) in [7, 11) is 0. The number of imide groups is 1. The first kappa shape index (κ1) is 14.2. The maximum absolute atomic E-state index is 12.0. The molecule has 1 aromatic heterocycles. The lowest BCUT2D eigenvalue weighted by Crippen LogP contribution is -2.42. The zero-order valence-electron chi connectivity index (χ0n) is 11.8. The number of amides is 3. The maximum Gasteiger partial charge on any atom is 0.280 e. The van der Waals surface area contributed by atoms with Crippen LogP contribution in [0, 0.1) is 0 Å². The Morgan fingerprint density at radius 3 is 2.60 bits per heavy atom. The zero-order chi connectivity index (χ0) is 14.9. The first-order valence-corrected chi connectivity index (χ1v) is 6.42. The van der Waals surface area contributed by atoms with E-state index in [4.69, 9.17) is 0 Å². The number of carbonyl (C=O) groups excluding carboxylic acids is 3. The van der Waals surface area contributed by atoms with E-state index in [1.54, 1.807) is 12.1 Å². The van der Waals surface area contributed by atoms with Crippen LogP contribution in [0.15, 0.2) is 18.3 Å². The number of pyridine rings is 1. The number of fused-ring (bicyclic) bond motifs is 1. The lowest BCUT2D eigenvalue weighted by molar-refractivity contribution is -0.122. The minimum absolute atomic E-state index is 0.0654. The Hall–Kier alpha value is -2.24. The topological polar surface area (TPSA) is 79.4 Å². The molecule has 0 atom stereocenters. The van der Waals surface area contributed by atoms with Crippen molar-refractivity contribution in [3.8, 4) is 0 Å². The summed E-state index contributed by atoms with van der Waals surface area (Å²) in [4.78, 5) is 40.8. The van der Waals surface area contributed by atoms with Crippen LogP contribution in [0.3, 0.4) is 0 Å². The smallest absolute Gasteiger partial charge is 0.280 e. The third-order valence-electron chi connectivity index (χ3n) is 2.81. The van der Waals surface area contributed by atoms with Gasteiger partial charge in [-0.1, -0.05) is 0 Å². The van der Waals surface area contributed by atoms with Gasteiger partial charge in [0.05, 0.1) is 5.56 Å². The van der Waals surface area contributed by atoms with Crippen LogP contribution in [0.2, 0.25) is 0 Å². The standard InChI is InChI=1S/C14H17N3O3/c1-14(2,3)16-10(18)6-8-17-12(19)9-5-4-7-15-11(9)13(17)20/h4-5,7H,6,8H2,1-3H3,(H,16,18). The molecule has 1 aliphatic heterocycles. The van der Waals surface area contributed by atoms with Gasteiger partial charge in [-0.3, -0.25) is 24.3 Å². The summed E-state index contributed by atoms with van der Waals surface area (Å²) in [5.74, 6) is -1.02. The number of hydrogen-bond donors (Lipinski definition) is 1. The molecule has 1 aliphatic rings. The van der Waals surface area contributed by atoms with Gasteiger partial charge < -0.3 is 5.32 Å². The summed E-state index contributed by atoms with van der Waals surface area (Å²) in [5, 5.41) is 2.79. The number of carbonyl (C=O) groups is 3. The Kier molecular flexibility index (Phi) is 3.57. The highest BCUT2D eigenvalue weighted by atomic mass is 16.2. The molecule has 2 heterocycles. The van der Waals surface area contributed by atoms with E-state index >= 15 is 0 Å². The summed E-state index contributed by atoms with van der Waals surface area (Å²) >= 11 is 0. The van der Waals surface area contributed by atoms with Gasteiger partial charge in [-0.15, -0.1) is 0 Å². The molecule has 0 saturated heterocycles. The van der Waals surface area contributed by atoms with Crippen molar-refractivity contribution in [3.05, 3.63) is 29.6 Å². The second kappa shape index (κ2) is 5.03. The Morgan fingerprint density at radius 1 is 1.30 bits per heavy atom. The third kappa shape index (κ3) is 2.84. The summed E-state index contributed by atoms with van der Waals surface area (Å²) in [6.45, 7) is 5.68. The summed E-state index contributed by atoms with van der Waals surface area (Å²) in [6, 6.07) is 3.18. The monoisotopic (exact) mass is 275 g/mol. The van der Waals surface area contributed by atoms with Gasteiger partial charge in [0.15, 0.2) is 0 Å². The first-order valence-electron chi connectivity index (χ1n) is 6.42. The van der Waals surface area contributed by atoms with E-state index in [0.29, 0.717) is 5.56 Å². The van der Waals surface area contributed by atoms with Crippen LogP contribution in [0.5, 0.6) is 0 Å². The van der Waals surface area contributed by atoms with E-state index in [1.807, 2.05) is 20.8 Å². The second-order valence-corrected chi connectivity index (χ2v) is 5.71. The highest BCUT2D eigenvalue weighted by molar-refractivity contribution is 6.20. The number of aromatic nitrogens is 1. The van der Waals surface area contributed by atoms with Crippen LogP contribution in [0.1, 0.15) is 48.0 Å². The molecule has 6 nitrogen and oxygen atoms in total. The van der Waals surface area contributed by atoms with Crippen LogP contribution in [0.4, 0.5) is 0 Å². The van der Waals surface area contributed by atoms with Gasteiger partial charge in [-0.05, 0) is 32.9 Å². The highest BCUT2D eigenvalue weighted by Crippen LogP contribution is 2.20. The molecular weight excluding hydrogens is 258 g/mol. The minimum Gasteiger partial charge on any atom is -0.351 e. The zero-order valence-corrected chi connectivity index (χ0v) is 11.8. The van der Waals surface area contributed by atoms with Crippen molar-refractivity contribution in [3.63, 3.8) is 0 Å². The van der Waals surface area contributed by atoms with Gasteiger partial charge in [0.2, 0.25) is 5.91 Å². The molecule has 6 heteroatoms. The fourth-order valence-corrected chi connectivity index (χ4v) is 2.01. The van der Waals surface area contributed by atoms with Crippen molar-refractivity contribution in [1.29, 1.82) is 0 Å². The number of nitrogens with zero attached hydrogens (tertiary/aromatic N) is 2. The molecular formula is C14H17N3O3. The number of rotatable bonds is 3. The van der Waals surface area contributed by atoms with Crippen LogP contribution in [0.25, 0.3) is 0 Å². The van der Waals surface area contributed by atoms with Gasteiger partial charge in [0.1, 0.15) is 5.69 Å². The van der Waals surface area contributed by atoms with Gasteiger partial charge >= 0.3 is 0 Å². The van der Waals surface area contributed by atoms with E-state index in [-0.39, 0.29) is 36.0 Å². The maximum atomic E-state index is 12.0. The third-order valence-corrected chi connectivity index (χ3v) is 2.81. The van der Waals surface area contributed by atoms with Crippen molar-refractivity contribution in [2.45, 2.75) is 32.7 Å². The van der Waals surface area contributed by atoms with Crippen LogP contribution in [-0.4, -0.2) is 39.7 Å². The van der Waals surface area contributed by atoms with Crippen molar-refractivity contribution in [2.24, 2.45) is 0 Å². The predicted octanol–water partition coefficient (Wildman–Crippen LogP) is 0.982. The van der Waals surface area contributed by atoms with E-state index < -0.39 is 5.91 Å². The van der Waals surface area contributed by atoms with Gasteiger partial charge in [0, 0.05) is 24.7 Å². The summed E-state index contributed by atoms with van der Waals surface area (Å²) < 4.78 is 0. The summed E-state index contributed by atoms with van der Waals surface area (Å²) in [5.41, 5.74) is 0.128. The van der Waals surface area contributed by atoms with Gasteiger partial charge in [0.25, 0.3) is 11.8 Å². The molecule has 1 aromatic rings. The molecule has 0 radical (unpaired) electrons. The van der Waals surface area contributed by atoms with Crippen LogP contribution in [-0.2, 0) is 4.79 Å². The SMILES string of the molecule is CC(C)(C)NC(=O)CCN1C(=O)c2cccnc2C1=O. The van der Waals surface area contributed by atoms with Gasteiger partial charge in [-0.2, -0.15) is 0 Å². The van der Waals surface area contributed by atoms with Crippen molar-refractivity contribution < 1.29 is 14.4 Å². The molecule has 0 saturated carbocycles. The normalized spacial score (nSPS) is 14.4. The minimum atomic E-state index is -0.436. The van der Waals surface area contributed by atoms with E-state index in [0.717, 1.165) is 4.90 Å². The largest absolute Gasteiger partial charge is 0.351 e. The van der Waals surface area contributed by atoms with E-state index in [2.05, 4.69) is 10.3 Å². The Labute approximate surface area is 117 Å². The molecule has 0 spiro atoms. The van der Waals surface area contributed by atoms with E-state index in [9.17, 15) is 14.4 Å². The molecule has 3 amide bonds. The molecule has 0 aliphatic carbocycles. The highest BCUT2D eigenvalue weighted by Gasteiger charge is 2.36. The quantitative estimate of drug-likeness (QED) is 0.834. The van der Waals surface area contributed by atoms with Crippen LogP contribution >= 0.6 is 0 Å². The van der Waals surface area contributed by atoms with Gasteiger partial charge in [-0.25, -0.2) is 0 Å². The van der Waals surface area contributed by atoms with Crippen molar-refractivity contribution in [1.82, 2.24) is 15.2 Å². The molecule has 106 valence electrons. The van der Waals surface area contributed by atoms with Crippen molar-refractivity contribution in [2.75, 3.05) is 6.54 Å². The number of nitrogens with one attached hydrogen (secondary N) is 1. The summed E-state index contributed by atoms with van der Waals surface area (Å²) in [6.07, 6.45) is 1.56. The fourth-order valence-electron chi connectivity index (χ4n) is 2.01. The van der Waals surface area contributed by atoms with E-state index in [1.165, 1.54) is 6.20 Å². The number of hydrogen-bond acceptors (Lipinski definition) is 4. The fraction of sp³-hybridized carbons (Fsp3) is 0.429. The first-order chi connectivity index (χ1) is 9.29. The van der Waals surface area contributed by atoms with Crippen molar-refractivity contribution >= 4 is 17.7 Å². The molecule has 1 N–H and O–H groups in total. The molecule has 0 fully saturated rings. The predicted molar refractivity (Wildman–Crippen MR) is 72.1 cm³/mol. The average Bonchev–Trinajstić information content (AvgIpc) is 2.59. The lowest BCUT2D eigenvalue weighted by atomic mass is 10.1. The Bertz CT molecular complexity index is 540. The molecule has 0 unspecified atom stereocenters. The molecule has 0 bridgehead atoms. The molecule has 20 heavy (non-hydrogen) atoms. The molecule has 0 aromatic carbocycles. The Balaban J connectivity index is 2.01. The van der Waals surface area contributed by atoms with Crippen LogP contribution < -0.4 is 5.32 Å². The molecule has 2 rings (SSSR count). The lowest BCUT2D eigenvalue weighted by Gasteiger charge is -2.21.